The number of amides is 1. The molecule has 1 heterocycles. The summed E-state index contributed by atoms with van der Waals surface area (Å²) in [6.07, 6.45) is 3.78. The fourth-order valence-corrected chi connectivity index (χ4v) is 3.98. The molecule has 0 aliphatic heterocycles. The summed E-state index contributed by atoms with van der Waals surface area (Å²) >= 11 is 0. The predicted molar refractivity (Wildman–Crippen MR) is 136 cm³/mol. The summed E-state index contributed by atoms with van der Waals surface area (Å²) in [6.45, 7) is 0.919. The molecular weight excluding hydrogens is 408 g/mol. The van der Waals surface area contributed by atoms with Gasteiger partial charge in [-0.2, -0.15) is 5.10 Å². The van der Waals surface area contributed by atoms with Crippen LogP contribution >= 0.6 is 0 Å². The number of fused-ring (bicyclic) bond motifs is 2. The largest absolute Gasteiger partial charge is 0.376 e. The van der Waals surface area contributed by atoms with Crippen molar-refractivity contribution >= 4 is 39.5 Å². The first-order valence-electron chi connectivity index (χ1n) is 10.9. The van der Waals surface area contributed by atoms with Gasteiger partial charge in [-0.15, -0.1) is 0 Å². The molecule has 0 atom stereocenters. The average molecular weight is 433 g/mol. The normalized spacial score (nSPS) is 11.3. The Hall–Kier alpha value is -4.38. The Balaban J connectivity index is 1.24. The third-order valence-corrected chi connectivity index (χ3v) is 5.61. The van der Waals surface area contributed by atoms with Crippen molar-refractivity contribution in [3.05, 3.63) is 114 Å². The summed E-state index contributed by atoms with van der Waals surface area (Å²) in [5.41, 5.74) is 6.85. The minimum absolute atomic E-state index is 0.144. The van der Waals surface area contributed by atoms with E-state index >= 15 is 0 Å². The van der Waals surface area contributed by atoms with Crippen molar-refractivity contribution in [2.24, 2.45) is 5.10 Å². The Morgan fingerprint density at radius 3 is 2.48 bits per heavy atom. The quantitative estimate of drug-likeness (QED) is 0.267. The van der Waals surface area contributed by atoms with Crippen molar-refractivity contribution in [3.8, 4) is 0 Å². The van der Waals surface area contributed by atoms with E-state index in [1.807, 2.05) is 60.7 Å². The van der Waals surface area contributed by atoms with E-state index < -0.39 is 0 Å². The Labute approximate surface area is 192 Å². The average Bonchev–Trinajstić information content (AvgIpc) is 3.20. The molecule has 162 valence electrons. The second-order valence-electron chi connectivity index (χ2n) is 7.92. The van der Waals surface area contributed by atoms with Crippen molar-refractivity contribution < 1.29 is 4.79 Å². The lowest BCUT2D eigenvalue weighted by Crippen LogP contribution is -2.25. The molecular formula is C28H24N4O. The van der Waals surface area contributed by atoms with E-state index in [0.29, 0.717) is 0 Å². The number of hydrogen-bond donors (Lipinski definition) is 2. The summed E-state index contributed by atoms with van der Waals surface area (Å²) in [6, 6.07) is 32.7. The monoisotopic (exact) mass is 432 g/mol. The smallest absolute Gasteiger partial charge is 0.259 e. The third kappa shape index (κ3) is 4.77. The minimum atomic E-state index is -0.201. The number of nitrogens with one attached hydrogen (secondary N) is 2. The summed E-state index contributed by atoms with van der Waals surface area (Å²) in [5.74, 6) is -0.201. The number of aromatic nitrogens is 1. The van der Waals surface area contributed by atoms with Crippen LogP contribution in [0.15, 0.2) is 108 Å². The van der Waals surface area contributed by atoms with Crippen LogP contribution < -0.4 is 10.7 Å². The Bertz CT molecular complexity index is 1440. The van der Waals surface area contributed by atoms with Crippen LogP contribution in [0.25, 0.3) is 21.7 Å². The van der Waals surface area contributed by atoms with Crippen LogP contribution in [0, 0.1) is 0 Å². The van der Waals surface area contributed by atoms with Gasteiger partial charge in [0.1, 0.15) is 0 Å². The maximum atomic E-state index is 12.3. The van der Waals surface area contributed by atoms with Gasteiger partial charge >= 0.3 is 0 Å². The molecule has 0 aliphatic carbocycles. The van der Waals surface area contributed by atoms with Crippen molar-refractivity contribution in [3.63, 3.8) is 0 Å². The Kier molecular flexibility index (Phi) is 5.85. The topological polar surface area (TPSA) is 58.4 Å². The number of rotatable bonds is 7. The molecule has 0 fully saturated rings. The first kappa shape index (κ1) is 20.5. The van der Waals surface area contributed by atoms with E-state index in [1.165, 1.54) is 10.9 Å². The van der Waals surface area contributed by atoms with Crippen molar-refractivity contribution in [2.75, 3.05) is 11.9 Å². The first-order valence-corrected chi connectivity index (χ1v) is 10.9. The number of carbonyl (C=O) groups excluding carboxylic acids is 1. The van der Waals surface area contributed by atoms with Gasteiger partial charge in [-0.3, -0.25) is 4.79 Å². The summed E-state index contributed by atoms with van der Waals surface area (Å²) < 4.78 is 2.20. The third-order valence-electron chi connectivity index (χ3n) is 5.61. The molecule has 0 spiro atoms. The molecule has 2 N–H and O–H groups in total. The fraction of sp³-hybridized carbons (Fsp3) is 0.0714. The predicted octanol–water partition coefficient (Wildman–Crippen LogP) is 5.41. The molecule has 1 aromatic heterocycles. The van der Waals surface area contributed by atoms with Gasteiger partial charge in [-0.05, 0) is 34.5 Å². The number of benzene rings is 4. The van der Waals surface area contributed by atoms with Crippen molar-refractivity contribution in [1.29, 1.82) is 0 Å². The highest BCUT2D eigenvalue weighted by Crippen LogP contribution is 2.21. The number of carbonyl (C=O) groups is 1. The van der Waals surface area contributed by atoms with Crippen LogP contribution in [0.2, 0.25) is 0 Å². The van der Waals surface area contributed by atoms with E-state index in [4.69, 9.17) is 0 Å². The van der Waals surface area contributed by atoms with Crippen LogP contribution in [0.5, 0.6) is 0 Å². The maximum absolute atomic E-state index is 12.3. The maximum Gasteiger partial charge on any atom is 0.259 e. The molecule has 0 saturated carbocycles. The summed E-state index contributed by atoms with van der Waals surface area (Å²) in [5, 5.41) is 10.8. The van der Waals surface area contributed by atoms with Crippen LogP contribution in [0.4, 0.5) is 5.69 Å². The Morgan fingerprint density at radius 2 is 1.61 bits per heavy atom. The Morgan fingerprint density at radius 1 is 0.848 bits per heavy atom. The second-order valence-corrected chi connectivity index (χ2v) is 7.92. The minimum Gasteiger partial charge on any atom is -0.376 e. The number of hydrazone groups is 1. The molecule has 0 bridgehead atoms. The summed E-state index contributed by atoms with van der Waals surface area (Å²) in [7, 11) is 0. The van der Waals surface area contributed by atoms with Crippen LogP contribution in [0.1, 0.15) is 11.1 Å². The molecule has 0 aliphatic rings. The second kappa shape index (κ2) is 9.40. The van der Waals surface area contributed by atoms with Gasteiger partial charge in [0.2, 0.25) is 0 Å². The van der Waals surface area contributed by atoms with E-state index in [0.717, 1.165) is 34.1 Å². The van der Waals surface area contributed by atoms with Gasteiger partial charge < -0.3 is 9.88 Å². The standard InChI is InChI=1S/C28H24N4O/c33-28(18-29-25-15-14-22-10-4-5-11-23(22)16-25)31-30-17-24-20-32(19-21-8-2-1-3-9-21)27-13-7-6-12-26(24)27/h1-17,20,29H,18-19H2,(H,31,33)/b30-17+. The summed E-state index contributed by atoms with van der Waals surface area (Å²) in [4.78, 5) is 12.3. The van der Waals surface area contributed by atoms with Gasteiger partial charge in [-0.1, -0.05) is 78.9 Å². The number of anilines is 1. The van der Waals surface area contributed by atoms with Crippen LogP contribution in [0.3, 0.4) is 0 Å². The molecule has 33 heavy (non-hydrogen) atoms. The number of hydrogen-bond acceptors (Lipinski definition) is 3. The van der Waals surface area contributed by atoms with Gasteiger partial charge in [-0.25, -0.2) is 5.43 Å². The van der Waals surface area contributed by atoms with Crippen molar-refractivity contribution in [1.82, 2.24) is 9.99 Å². The molecule has 5 aromatic rings. The lowest BCUT2D eigenvalue weighted by atomic mass is 10.1. The van der Waals surface area contributed by atoms with E-state index in [-0.39, 0.29) is 12.5 Å². The molecule has 0 saturated heterocycles. The molecule has 0 unspecified atom stereocenters. The zero-order valence-electron chi connectivity index (χ0n) is 18.1. The highest BCUT2D eigenvalue weighted by atomic mass is 16.2. The highest BCUT2D eigenvalue weighted by molar-refractivity contribution is 5.99. The number of nitrogens with zero attached hydrogens (tertiary/aromatic N) is 2. The lowest BCUT2D eigenvalue weighted by molar-refractivity contribution is -0.119. The molecule has 5 heteroatoms. The first-order chi connectivity index (χ1) is 16.3. The zero-order valence-corrected chi connectivity index (χ0v) is 18.1. The molecule has 1 amide bonds. The van der Waals surface area contributed by atoms with Gasteiger partial charge in [0.05, 0.1) is 12.8 Å². The van der Waals surface area contributed by atoms with E-state index in [1.54, 1.807) is 6.21 Å². The number of para-hydroxylation sites is 1. The van der Waals surface area contributed by atoms with Gasteiger partial charge in [0.15, 0.2) is 0 Å². The highest BCUT2D eigenvalue weighted by Gasteiger charge is 2.07. The SMILES string of the molecule is O=C(CNc1ccc2ccccc2c1)N/N=C/c1cn(Cc2ccccc2)c2ccccc12. The van der Waals surface area contributed by atoms with Crippen molar-refractivity contribution in [2.45, 2.75) is 6.54 Å². The molecule has 5 nitrogen and oxygen atoms in total. The van der Waals surface area contributed by atoms with Gasteiger partial charge in [0.25, 0.3) is 5.91 Å². The van der Waals surface area contributed by atoms with E-state index in [9.17, 15) is 4.79 Å². The fourth-order valence-electron chi connectivity index (χ4n) is 3.98. The lowest BCUT2D eigenvalue weighted by Gasteiger charge is -2.06. The molecule has 0 radical (unpaired) electrons. The molecule has 5 rings (SSSR count). The zero-order chi connectivity index (χ0) is 22.5. The van der Waals surface area contributed by atoms with E-state index in [2.05, 4.69) is 63.0 Å². The van der Waals surface area contributed by atoms with Gasteiger partial charge in [0, 0.05) is 34.9 Å². The van der Waals surface area contributed by atoms with Crippen LogP contribution in [-0.2, 0) is 11.3 Å². The van der Waals surface area contributed by atoms with Crippen LogP contribution in [-0.4, -0.2) is 23.2 Å². The molecule has 4 aromatic carbocycles.